The Morgan fingerprint density at radius 3 is 2.91 bits per heavy atom. The lowest BCUT2D eigenvalue weighted by molar-refractivity contribution is -0.0611. The van der Waals surface area contributed by atoms with Gasteiger partial charge in [-0.15, -0.1) is 0 Å². The molecule has 23 heavy (non-hydrogen) atoms. The van der Waals surface area contributed by atoms with E-state index in [1.165, 1.54) is 4.57 Å². The summed E-state index contributed by atoms with van der Waals surface area (Å²) in [5, 5.41) is 12.7. The summed E-state index contributed by atoms with van der Waals surface area (Å²) in [5.41, 5.74) is 0.320. The van der Waals surface area contributed by atoms with Gasteiger partial charge in [-0.2, -0.15) is 4.98 Å². The lowest BCUT2D eigenvalue weighted by Crippen LogP contribution is -2.31. The van der Waals surface area contributed by atoms with Crippen LogP contribution in [0.3, 0.4) is 0 Å². The largest absolute Gasteiger partial charge is 0.450 e. The number of anilines is 2. The van der Waals surface area contributed by atoms with E-state index in [-0.39, 0.29) is 12.8 Å². The number of rotatable bonds is 5. The van der Waals surface area contributed by atoms with Crippen LogP contribution in [-0.4, -0.2) is 26.9 Å². The molecular formula is C16H19N3O4. The molecule has 1 aromatic heterocycles. The van der Waals surface area contributed by atoms with Crippen LogP contribution < -0.4 is 15.7 Å². The fourth-order valence-corrected chi connectivity index (χ4v) is 2.41. The Morgan fingerprint density at radius 1 is 1.39 bits per heavy atom. The molecule has 122 valence electrons. The van der Waals surface area contributed by atoms with Crippen molar-refractivity contribution < 1.29 is 14.6 Å². The van der Waals surface area contributed by atoms with Crippen molar-refractivity contribution >= 4 is 11.5 Å². The lowest BCUT2D eigenvalue weighted by atomic mass is 10.2. The SMILES string of the molecule is CC[C@@H](OCn1cc2c(nc1=O)Nc1ccccc1O2)[C@@H](C)O. The van der Waals surface area contributed by atoms with Crippen LogP contribution in [0.5, 0.6) is 11.5 Å². The molecule has 1 aromatic carbocycles. The quantitative estimate of drug-likeness (QED) is 0.750. The summed E-state index contributed by atoms with van der Waals surface area (Å²) in [7, 11) is 0. The highest BCUT2D eigenvalue weighted by atomic mass is 16.5. The molecule has 0 radical (unpaired) electrons. The number of para-hydroxylation sites is 2. The molecule has 0 unspecified atom stereocenters. The molecule has 0 saturated carbocycles. The molecule has 2 heterocycles. The number of aromatic nitrogens is 2. The fraction of sp³-hybridized carbons (Fsp3) is 0.375. The third kappa shape index (κ3) is 3.20. The van der Waals surface area contributed by atoms with Crippen LogP contribution in [0.25, 0.3) is 0 Å². The number of nitrogens with one attached hydrogen (secondary N) is 1. The van der Waals surface area contributed by atoms with Gasteiger partial charge in [-0.1, -0.05) is 19.1 Å². The Labute approximate surface area is 133 Å². The molecule has 7 heteroatoms. The Bertz CT molecular complexity index is 757. The number of aliphatic hydroxyl groups is 1. The van der Waals surface area contributed by atoms with E-state index in [2.05, 4.69) is 10.3 Å². The minimum atomic E-state index is -0.605. The summed E-state index contributed by atoms with van der Waals surface area (Å²) >= 11 is 0. The molecule has 2 N–H and O–H groups in total. The van der Waals surface area contributed by atoms with Crippen molar-refractivity contribution in [3.63, 3.8) is 0 Å². The molecule has 0 aliphatic carbocycles. The first-order valence-electron chi connectivity index (χ1n) is 7.53. The fourth-order valence-electron chi connectivity index (χ4n) is 2.41. The van der Waals surface area contributed by atoms with Gasteiger partial charge in [0.25, 0.3) is 0 Å². The summed E-state index contributed by atoms with van der Waals surface area (Å²) in [6, 6.07) is 7.42. The predicted molar refractivity (Wildman–Crippen MR) is 85.1 cm³/mol. The second-order valence-corrected chi connectivity index (χ2v) is 5.41. The molecule has 1 aliphatic rings. The van der Waals surface area contributed by atoms with Gasteiger partial charge in [-0.05, 0) is 25.5 Å². The van der Waals surface area contributed by atoms with Gasteiger partial charge < -0.3 is 19.9 Å². The molecule has 0 amide bonds. The van der Waals surface area contributed by atoms with Crippen LogP contribution in [0, 0.1) is 0 Å². The lowest BCUT2D eigenvalue weighted by Gasteiger charge is -2.22. The Hall–Kier alpha value is -2.38. The maximum absolute atomic E-state index is 12.1. The second-order valence-electron chi connectivity index (χ2n) is 5.41. The van der Waals surface area contributed by atoms with Gasteiger partial charge in [0, 0.05) is 0 Å². The summed E-state index contributed by atoms with van der Waals surface area (Å²) in [5.74, 6) is 1.51. The third-order valence-corrected chi connectivity index (χ3v) is 3.69. The van der Waals surface area contributed by atoms with E-state index in [1.54, 1.807) is 13.1 Å². The number of fused-ring (bicyclic) bond motifs is 2. The zero-order chi connectivity index (χ0) is 16.4. The van der Waals surface area contributed by atoms with Gasteiger partial charge in [-0.25, -0.2) is 4.79 Å². The van der Waals surface area contributed by atoms with Crippen molar-refractivity contribution in [1.29, 1.82) is 0 Å². The summed E-state index contributed by atoms with van der Waals surface area (Å²) in [6.07, 6.45) is 1.27. The predicted octanol–water partition coefficient (Wildman–Crippen LogP) is 2.23. The van der Waals surface area contributed by atoms with Crippen molar-refractivity contribution in [2.45, 2.75) is 39.2 Å². The molecule has 0 fully saturated rings. The number of nitrogens with zero attached hydrogens (tertiary/aromatic N) is 2. The van der Waals surface area contributed by atoms with Gasteiger partial charge in [-0.3, -0.25) is 4.57 Å². The van der Waals surface area contributed by atoms with E-state index in [9.17, 15) is 9.90 Å². The van der Waals surface area contributed by atoms with Gasteiger partial charge in [0.2, 0.25) is 0 Å². The van der Waals surface area contributed by atoms with Crippen LogP contribution in [0.2, 0.25) is 0 Å². The molecule has 3 rings (SSSR count). The number of hydrogen-bond acceptors (Lipinski definition) is 6. The molecule has 2 aromatic rings. The van der Waals surface area contributed by atoms with Crippen LogP contribution >= 0.6 is 0 Å². The van der Waals surface area contributed by atoms with Gasteiger partial charge in [0.05, 0.1) is 24.1 Å². The Kier molecular flexibility index (Phi) is 4.31. The number of aliphatic hydroxyl groups excluding tert-OH is 1. The molecule has 2 atom stereocenters. The Morgan fingerprint density at radius 2 is 2.17 bits per heavy atom. The van der Waals surface area contributed by atoms with Crippen molar-refractivity contribution in [3.05, 3.63) is 40.9 Å². The van der Waals surface area contributed by atoms with E-state index < -0.39 is 11.8 Å². The minimum absolute atomic E-state index is 0.00747. The number of ether oxygens (including phenoxy) is 2. The second kappa shape index (κ2) is 6.39. The highest BCUT2D eigenvalue weighted by Gasteiger charge is 2.20. The van der Waals surface area contributed by atoms with E-state index in [0.29, 0.717) is 23.7 Å². The van der Waals surface area contributed by atoms with E-state index >= 15 is 0 Å². The van der Waals surface area contributed by atoms with Crippen LogP contribution in [0.4, 0.5) is 11.5 Å². The van der Waals surface area contributed by atoms with E-state index in [4.69, 9.17) is 9.47 Å². The van der Waals surface area contributed by atoms with Crippen molar-refractivity contribution in [3.8, 4) is 11.5 Å². The average molecular weight is 317 g/mol. The molecular weight excluding hydrogens is 298 g/mol. The maximum Gasteiger partial charge on any atom is 0.351 e. The van der Waals surface area contributed by atoms with Crippen molar-refractivity contribution in [2.75, 3.05) is 5.32 Å². The molecule has 1 aliphatic heterocycles. The first-order valence-corrected chi connectivity index (χ1v) is 7.53. The highest BCUT2D eigenvalue weighted by molar-refractivity contribution is 5.72. The van der Waals surface area contributed by atoms with E-state index in [1.807, 2.05) is 31.2 Å². The molecule has 7 nitrogen and oxygen atoms in total. The first-order chi connectivity index (χ1) is 11.1. The maximum atomic E-state index is 12.1. The monoisotopic (exact) mass is 317 g/mol. The van der Waals surface area contributed by atoms with Crippen molar-refractivity contribution in [2.24, 2.45) is 0 Å². The first kappa shape index (κ1) is 15.5. The Balaban J connectivity index is 1.82. The molecule has 0 bridgehead atoms. The van der Waals surface area contributed by atoms with Crippen molar-refractivity contribution in [1.82, 2.24) is 9.55 Å². The average Bonchev–Trinajstić information content (AvgIpc) is 2.53. The molecule has 0 saturated heterocycles. The summed E-state index contributed by atoms with van der Waals surface area (Å²) in [6.45, 7) is 3.58. The zero-order valence-electron chi connectivity index (χ0n) is 13.0. The highest BCUT2D eigenvalue weighted by Crippen LogP contribution is 2.39. The van der Waals surface area contributed by atoms with Gasteiger partial charge >= 0.3 is 5.69 Å². The number of benzene rings is 1. The smallest absolute Gasteiger partial charge is 0.351 e. The van der Waals surface area contributed by atoms with Crippen LogP contribution in [0.1, 0.15) is 20.3 Å². The minimum Gasteiger partial charge on any atom is -0.450 e. The summed E-state index contributed by atoms with van der Waals surface area (Å²) < 4.78 is 12.7. The van der Waals surface area contributed by atoms with Crippen LogP contribution in [0.15, 0.2) is 35.3 Å². The van der Waals surface area contributed by atoms with Gasteiger partial charge in [0.15, 0.2) is 17.3 Å². The summed E-state index contributed by atoms with van der Waals surface area (Å²) in [4.78, 5) is 16.1. The standard InChI is InChI=1S/C16H19N3O4/c1-3-12(10(2)20)22-9-19-8-14-15(18-16(19)21)17-11-6-4-5-7-13(11)23-14/h4-8,10,12,20H,3,9H2,1-2H3,(H,17,18,21)/t10-,12-/m1/s1. The van der Waals surface area contributed by atoms with E-state index in [0.717, 1.165) is 5.69 Å². The molecule has 0 spiro atoms. The topological polar surface area (TPSA) is 85.6 Å². The van der Waals surface area contributed by atoms with Crippen LogP contribution in [-0.2, 0) is 11.5 Å². The normalized spacial score (nSPS) is 14.9. The number of hydrogen-bond donors (Lipinski definition) is 2. The van der Waals surface area contributed by atoms with Gasteiger partial charge in [0.1, 0.15) is 6.73 Å². The zero-order valence-corrected chi connectivity index (χ0v) is 13.0. The third-order valence-electron chi connectivity index (χ3n) is 3.69.